The molecule has 0 radical (unpaired) electrons. The van der Waals surface area contributed by atoms with Crippen LogP contribution in [0.3, 0.4) is 0 Å². The Balaban J connectivity index is 1.77. The molecular weight excluding hydrogens is 357 g/mol. The lowest BCUT2D eigenvalue weighted by molar-refractivity contribution is 0.243. The Morgan fingerprint density at radius 1 is 1.18 bits per heavy atom. The third-order valence-corrected chi connectivity index (χ3v) is 4.95. The van der Waals surface area contributed by atoms with E-state index in [1.807, 2.05) is 21.6 Å². The number of imidazole rings is 1. The Bertz CT molecular complexity index is 1090. The second kappa shape index (κ2) is 7.26. The summed E-state index contributed by atoms with van der Waals surface area (Å²) in [6.07, 6.45) is 0.892. The molecule has 8 heteroatoms. The topological polar surface area (TPSA) is 68.7 Å². The number of piperidine rings is 1. The predicted octanol–water partition coefficient (Wildman–Crippen LogP) is 3.46. The Morgan fingerprint density at radius 2 is 1.96 bits per heavy atom. The maximum atomic E-state index is 13.8. The molecule has 0 amide bonds. The van der Waals surface area contributed by atoms with Gasteiger partial charge < -0.3 is 15.2 Å². The maximum Gasteiger partial charge on any atom is 0.206 e. The van der Waals surface area contributed by atoms with Gasteiger partial charge >= 0.3 is 0 Å². The summed E-state index contributed by atoms with van der Waals surface area (Å²) in [6, 6.07) is 8.36. The van der Waals surface area contributed by atoms with Crippen molar-refractivity contribution in [2.45, 2.75) is 25.2 Å². The van der Waals surface area contributed by atoms with E-state index in [0.717, 1.165) is 11.2 Å². The highest BCUT2D eigenvalue weighted by Gasteiger charge is 2.29. The number of benzene rings is 1. The first-order chi connectivity index (χ1) is 13.6. The van der Waals surface area contributed by atoms with Crippen molar-refractivity contribution in [1.29, 1.82) is 0 Å². The van der Waals surface area contributed by atoms with Gasteiger partial charge in [0.1, 0.15) is 6.17 Å². The summed E-state index contributed by atoms with van der Waals surface area (Å²) in [6.45, 7) is 15.6. The third kappa shape index (κ3) is 3.26. The average molecular weight is 375 g/mol. The zero-order chi connectivity index (χ0) is 19.7. The van der Waals surface area contributed by atoms with E-state index in [9.17, 15) is 4.39 Å². The summed E-state index contributed by atoms with van der Waals surface area (Å²) in [4.78, 5) is 17.9. The van der Waals surface area contributed by atoms with E-state index >= 15 is 0 Å². The number of fused-ring (bicyclic) bond motifs is 1. The molecule has 7 nitrogen and oxygen atoms in total. The van der Waals surface area contributed by atoms with Crippen molar-refractivity contribution in [3.05, 3.63) is 65.1 Å². The Hall–Kier alpha value is -3.49. The normalized spacial score (nSPS) is 19.4. The van der Waals surface area contributed by atoms with Crippen LogP contribution in [0.1, 0.15) is 12.1 Å². The zero-order valence-corrected chi connectivity index (χ0v) is 15.1. The van der Waals surface area contributed by atoms with E-state index in [-0.39, 0.29) is 0 Å². The quantitative estimate of drug-likeness (QED) is 0.712. The van der Waals surface area contributed by atoms with Crippen LogP contribution in [0, 0.1) is 13.1 Å². The molecule has 2 atom stereocenters. The molecule has 0 saturated carbocycles. The van der Waals surface area contributed by atoms with Gasteiger partial charge in [-0.05, 0) is 24.6 Å². The number of anilines is 1. The number of alkyl halides is 1. The molecule has 4 rings (SSSR count). The van der Waals surface area contributed by atoms with Crippen molar-refractivity contribution in [3.8, 4) is 0 Å². The minimum absolute atomic E-state index is 0.357. The Kier molecular flexibility index (Phi) is 4.64. The summed E-state index contributed by atoms with van der Waals surface area (Å²) >= 11 is 0. The fourth-order valence-corrected chi connectivity index (χ4v) is 3.45. The van der Waals surface area contributed by atoms with Crippen LogP contribution in [0.15, 0.2) is 36.5 Å². The van der Waals surface area contributed by atoms with Crippen molar-refractivity contribution in [3.63, 3.8) is 0 Å². The van der Waals surface area contributed by atoms with Gasteiger partial charge in [-0.15, -0.1) is 0 Å². The zero-order valence-electron chi connectivity index (χ0n) is 15.1. The molecule has 1 aliphatic heterocycles. The molecule has 140 valence electrons. The molecule has 28 heavy (non-hydrogen) atoms. The molecule has 3 aromatic rings. The molecule has 1 aliphatic rings. The van der Waals surface area contributed by atoms with Crippen LogP contribution in [0.25, 0.3) is 20.7 Å². The molecule has 0 unspecified atom stereocenters. The van der Waals surface area contributed by atoms with Crippen molar-refractivity contribution in [2.24, 2.45) is 5.73 Å². The molecule has 2 N–H and O–H groups in total. The van der Waals surface area contributed by atoms with Crippen LogP contribution >= 0.6 is 0 Å². The fourth-order valence-electron chi connectivity index (χ4n) is 3.45. The summed E-state index contributed by atoms with van der Waals surface area (Å²) in [5.74, 6) is 0.690. The number of rotatable bonds is 3. The summed E-state index contributed by atoms with van der Waals surface area (Å²) < 4.78 is 15.9. The van der Waals surface area contributed by atoms with Gasteiger partial charge in [0.05, 0.1) is 42.5 Å². The molecule has 0 aliphatic carbocycles. The van der Waals surface area contributed by atoms with Crippen LogP contribution in [0.4, 0.5) is 21.7 Å². The molecule has 3 heterocycles. The maximum absolute atomic E-state index is 13.8. The van der Waals surface area contributed by atoms with E-state index in [0.29, 0.717) is 48.9 Å². The summed E-state index contributed by atoms with van der Waals surface area (Å²) in [5.41, 5.74) is 9.31. The molecular formula is C20H18FN7. The lowest BCUT2D eigenvalue weighted by Gasteiger charge is -2.34. The number of pyridine rings is 1. The molecule has 1 fully saturated rings. The summed E-state index contributed by atoms with van der Waals surface area (Å²) in [5, 5.41) is 0. The molecule has 2 aromatic heterocycles. The predicted molar refractivity (Wildman–Crippen MR) is 105 cm³/mol. The highest BCUT2D eigenvalue weighted by molar-refractivity contribution is 5.83. The number of hydrogen-bond acceptors (Lipinski definition) is 4. The molecule has 1 aromatic carbocycles. The van der Waals surface area contributed by atoms with Crippen molar-refractivity contribution < 1.29 is 4.39 Å². The first kappa shape index (κ1) is 17.9. The lowest BCUT2D eigenvalue weighted by atomic mass is 10.1. The molecule has 0 spiro atoms. The number of nitrogens with zero attached hydrogens (tertiary/aromatic N) is 6. The monoisotopic (exact) mass is 375 g/mol. The van der Waals surface area contributed by atoms with Crippen molar-refractivity contribution in [1.82, 2.24) is 14.5 Å². The largest absolute Gasteiger partial charge is 0.340 e. The van der Waals surface area contributed by atoms with E-state index < -0.39 is 12.2 Å². The van der Waals surface area contributed by atoms with Gasteiger partial charge in [0.15, 0.2) is 5.69 Å². The van der Waals surface area contributed by atoms with Crippen LogP contribution in [0.2, 0.25) is 0 Å². The van der Waals surface area contributed by atoms with Gasteiger partial charge in [-0.25, -0.2) is 19.1 Å². The standard InChI is InChI=1S/C20H18FN7/c1-23-13-5-6-19-18(9-13)26-20(27-8-7-16(21)17(22)12-27)28(19)11-15-4-3-14(24-2)10-25-15/h3-6,9-10,16-17H,7-8,11-12,22H2/t16-,17+/m0/s1. The molecule has 1 saturated heterocycles. The minimum atomic E-state index is -1.01. The first-order valence-electron chi connectivity index (χ1n) is 8.94. The Labute approximate surface area is 161 Å². The van der Waals surface area contributed by atoms with Gasteiger partial charge in [-0.1, -0.05) is 12.1 Å². The summed E-state index contributed by atoms with van der Waals surface area (Å²) in [7, 11) is 0. The van der Waals surface area contributed by atoms with Gasteiger partial charge in [0.25, 0.3) is 0 Å². The average Bonchev–Trinajstić information content (AvgIpc) is 3.08. The van der Waals surface area contributed by atoms with Crippen LogP contribution in [-0.2, 0) is 6.54 Å². The van der Waals surface area contributed by atoms with E-state index in [4.69, 9.17) is 23.9 Å². The smallest absolute Gasteiger partial charge is 0.206 e. The van der Waals surface area contributed by atoms with E-state index in [2.05, 4.69) is 14.7 Å². The number of halogens is 1. The third-order valence-electron chi connectivity index (χ3n) is 4.95. The van der Waals surface area contributed by atoms with Gasteiger partial charge in [0, 0.05) is 19.3 Å². The Morgan fingerprint density at radius 3 is 2.64 bits per heavy atom. The SMILES string of the molecule is [C-]#[N+]c1ccc(Cn2c(N3CC[C@H](F)[C@H](N)C3)nc3cc([N+]#[C-])ccc32)nc1. The number of hydrogen-bond donors (Lipinski definition) is 1. The van der Waals surface area contributed by atoms with E-state index in [1.165, 1.54) is 0 Å². The fraction of sp³-hybridized carbons (Fsp3) is 0.300. The van der Waals surface area contributed by atoms with Gasteiger partial charge in [-0.2, -0.15) is 0 Å². The van der Waals surface area contributed by atoms with Crippen molar-refractivity contribution >= 4 is 28.4 Å². The highest BCUT2D eigenvalue weighted by atomic mass is 19.1. The van der Waals surface area contributed by atoms with Crippen LogP contribution in [-0.4, -0.2) is 39.8 Å². The number of nitrogens with two attached hydrogens (primary N) is 1. The van der Waals surface area contributed by atoms with Gasteiger partial charge in [0.2, 0.25) is 11.6 Å². The second-order valence-corrected chi connectivity index (χ2v) is 6.82. The van der Waals surface area contributed by atoms with E-state index in [1.54, 1.807) is 24.4 Å². The minimum Gasteiger partial charge on any atom is -0.340 e. The lowest BCUT2D eigenvalue weighted by Crippen LogP contribution is -2.50. The van der Waals surface area contributed by atoms with Gasteiger partial charge in [-0.3, -0.25) is 4.98 Å². The first-order valence-corrected chi connectivity index (χ1v) is 8.94. The van der Waals surface area contributed by atoms with Crippen molar-refractivity contribution in [2.75, 3.05) is 18.0 Å². The van der Waals surface area contributed by atoms with Crippen LogP contribution in [0.5, 0.6) is 0 Å². The number of aromatic nitrogens is 3. The highest BCUT2D eigenvalue weighted by Crippen LogP contribution is 2.29. The van der Waals surface area contributed by atoms with Crippen LogP contribution < -0.4 is 10.6 Å². The molecule has 0 bridgehead atoms. The second-order valence-electron chi connectivity index (χ2n) is 6.82.